The molecule has 47 heavy (non-hydrogen) atoms. The summed E-state index contributed by atoms with van der Waals surface area (Å²) in [6, 6.07) is 17.4. The molecular formula is C32H33N5O8S2. The number of carbonyl (C=O) groups excluding carboxylic acids is 4. The number of nitrogens with zero attached hydrogens (tertiary/aromatic N) is 3. The Kier molecular flexibility index (Phi) is 10.3. The summed E-state index contributed by atoms with van der Waals surface area (Å²) in [7, 11) is 1.25. The summed E-state index contributed by atoms with van der Waals surface area (Å²) >= 11 is 2.33. The van der Waals surface area contributed by atoms with Crippen LogP contribution in [-0.4, -0.2) is 81.1 Å². The van der Waals surface area contributed by atoms with Crippen LogP contribution in [0.4, 0.5) is 9.93 Å². The number of ether oxygens (including phenoxy) is 2. The Hall–Kier alpha value is -4.73. The van der Waals surface area contributed by atoms with E-state index < -0.39 is 53.6 Å². The van der Waals surface area contributed by atoms with Crippen LogP contribution in [0.2, 0.25) is 0 Å². The van der Waals surface area contributed by atoms with E-state index in [1.165, 1.54) is 29.2 Å². The fourth-order valence-electron chi connectivity index (χ4n) is 4.88. The molecule has 0 aliphatic carbocycles. The van der Waals surface area contributed by atoms with Crippen LogP contribution in [0.5, 0.6) is 0 Å². The van der Waals surface area contributed by atoms with Gasteiger partial charge in [-0.3, -0.25) is 19.8 Å². The number of thiazole rings is 1. The molecule has 0 bridgehead atoms. The van der Waals surface area contributed by atoms with E-state index >= 15 is 0 Å². The molecule has 1 aromatic heterocycles. The number of anilines is 1. The molecule has 2 aromatic carbocycles. The number of hydrogen-bond acceptors (Lipinski definition) is 12. The number of aliphatic hydroxyl groups is 1. The third-order valence-corrected chi connectivity index (χ3v) is 9.00. The Labute approximate surface area is 279 Å². The number of nitrogens with one attached hydrogen (secondary N) is 2. The van der Waals surface area contributed by atoms with Crippen LogP contribution in [0.15, 0.2) is 82.5 Å². The Morgan fingerprint density at radius 1 is 1.09 bits per heavy atom. The van der Waals surface area contributed by atoms with E-state index in [-0.39, 0.29) is 28.0 Å². The van der Waals surface area contributed by atoms with E-state index in [0.29, 0.717) is 5.57 Å². The Bertz CT molecular complexity index is 1670. The Balaban J connectivity index is 1.31. The first-order valence-electron chi connectivity index (χ1n) is 14.5. The van der Waals surface area contributed by atoms with Crippen LogP contribution in [0.1, 0.15) is 43.7 Å². The van der Waals surface area contributed by atoms with Crippen LogP contribution < -0.4 is 10.6 Å². The number of fused-ring (bicyclic) bond motifs is 1. The molecule has 5 rings (SSSR count). The first kappa shape index (κ1) is 33.6. The number of oxime groups is 1. The van der Waals surface area contributed by atoms with Gasteiger partial charge >= 0.3 is 12.1 Å². The molecule has 246 valence electrons. The third kappa shape index (κ3) is 7.64. The van der Waals surface area contributed by atoms with E-state index in [2.05, 4.69) is 20.8 Å². The quantitative estimate of drug-likeness (QED) is 0.124. The van der Waals surface area contributed by atoms with E-state index in [9.17, 15) is 24.3 Å². The number of amides is 3. The highest BCUT2D eigenvalue weighted by Crippen LogP contribution is 2.41. The van der Waals surface area contributed by atoms with Gasteiger partial charge in [-0.15, -0.1) is 23.1 Å². The summed E-state index contributed by atoms with van der Waals surface area (Å²) in [5, 5.41) is 20.1. The van der Waals surface area contributed by atoms with Gasteiger partial charge in [-0.25, -0.2) is 14.6 Å². The van der Waals surface area contributed by atoms with Crippen LogP contribution in [0.25, 0.3) is 0 Å². The van der Waals surface area contributed by atoms with Crippen LogP contribution >= 0.6 is 23.1 Å². The van der Waals surface area contributed by atoms with E-state index in [1.54, 1.807) is 20.8 Å². The zero-order valence-electron chi connectivity index (χ0n) is 26.0. The Morgan fingerprint density at radius 2 is 1.72 bits per heavy atom. The van der Waals surface area contributed by atoms with Gasteiger partial charge in [0.1, 0.15) is 35.5 Å². The molecule has 3 aromatic rings. The molecule has 3 heterocycles. The lowest BCUT2D eigenvalue weighted by Gasteiger charge is -2.49. The van der Waals surface area contributed by atoms with Gasteiger partial charge in [0.15, 0.2) is 16.9 Å². The molecule has 0 radical (unpaired) electrons. The van der Waals surface area contributed by atoms with Gasteiger partial charge in [0.25, 0.3) is 11.8 Å². The van der Waals surface area contributed by atoms with Crippen molar-refractivity contribution in [2.75, 3.05) is 24.8 Å². The fraction of sp³-hybridized carbons (Fsp3) is 0.312. The monoisotopic (exact) mass is 679 g/mol. The van der Waals surface area contributed by atoms with Gasteiger partial charge in [-0.05, 0) is 37.5 Å². The summed E-state index contributed by atoms with van der Waals surface area (Å²) in [6.07, 6.45) is -1.48. The van der Waals surface area contributed by atoms with Gasteiger partial charge < -0.3 is 24.7 Å². The normalized spacial score (nSPS) is 17.9. The van der Waals surface area contributed by atoms with Crippen molar-refractivity contribution in [2.24, 2.45) is 5.16 Å². The van der Waals surface area contributed by atoms with Gasteiger partial charge in [0.2, 0.25) is 0 Å². The molecule has 0 spiro atoms. The molecular weight excluding hydrogens is 647 g/mol. The SMILES string of the molecule is CO/N=C(\C(=O)N[C@@H]1C(=O)N2C(C(=O)OC(c3ccccc3)c3ccccc3)=C(CO)CS[C@@H]12)c1csc(NC(=O)OC(C)(C)C)n1. The second kappa shape index (κ2) is 14.4. The molecule has 0 unspecified atom stereocenters. The number of benzene rings is 2. The number of thioether (sulfide) groups is 1. The minimum Gasteiger partial charge on any atom is -0.448 e. The molecule has 2 atom stereocenters. The first-order chi connectivity index (χ1) is 22.5. The number of aliphatic hydroxyl groups excluding tert-OH is 1. The Morgan fingerprint density at radius 3 is 2.30 bits per heavy atom. The average Bonchev–Trinajstić information content (AvgIpc) is 3.51. The molecule has 2 aliphatic heterocycles. The molecule has 3 N–H and O–H groups in total. The average molecular weight is 680 g/mol. The van der Waals surface area contributed by atoms with Crippen molar-refractivity contribution >= 4 is 57.8 Å². The zero-order valence-corrected chi connectivity index (χ0v) is 27.6. The van der Waals surface area contributed by atoms with Crippen molar-refractivity contribution < 1.29 is 38.6 Å². The number of esters is 1. The molecule has 1 saturated heterocycles. The molecule has 0 saturated carbocycles. The largest absolute Gasteiger partial charge is 0.448 e. The second-order valence-corrected chi connectivity index (χ2v) is 13.3. The maximum Gasteiger partial charge on any atom is 0.413 e. The second-order valence-electron chi connectivity index (χ2n) is 11.4. The minimum absolute atomic E-state index is 0.0493. The van der Waals surface area contributed by atoms with E-state index in [0.717, 1.165) is 22.5 Å². The topological polar surface area (TPSA) is 169 Å². The van der Waals surface area contributed by atoms with Gasteiger partial charge in [0, 0.05) is 11.1 Å². The molecule has 15 heteroatoms. The summed E-state index contributed by atoms with van der Waals surface area (Å²) in [4.78, 5) is 63.2. The maximum atomic E-state index is 13.8. The van der Waals surface area contributed by atoms with Crippen molar-refractivity contribution in [3.05, 3.63) is 94.1 Å². The van der Waals surface area contributed by atoms with E-state index in [4.69, 9.17) is 14.3 Å². The fourth-order valence-corrected chi connectivity index (χ4v) is 6.89. The van der Waals surface area contributed by atoms with Crippen molar-refractivity contribution in [1.82, 2.24) is 15.2 Å². The van der Waals surface area contributed by atoms with Crippen LogP contribution in [-0.2, 0) is 28.7 Å². The molecule has 1 fully saturated rings. The summed E-state index contributed by atoms with van der Waals surface area (Å²) in [6.45, 7) is 4.71. The lowest BCUT2D eigenvalue weighted by molar-refractivity contribution is -0.154. The van der Waals surface area contributed by atoms with Crippen molar-refractivity contribution in [2.45, 2.75) is 43.9 Å². The highest BCUT2D eigenvalue weighted by atomic mass is 32.2. The predicted octanol–water partition coefficient (Wildman–Crippen LogP) is 3.82. The van der Waals surface area contributed by atoms with Crippen molar-refractivity contribution in [3.63, 3.8) is 0 Å². The summed E-state index contributed by atoms with van der Waals surface area (Å²) in [5.74, 6) is -1.86. The van der Waals surface area contributed by atoms with Crippen molar-refractivity contribution in [3.8, 4) is 0 Å². The van der Waals surface area contributed by atoms with E-state index in [1.807, 2.05) is 60.7 Å². The highest BCUT2D eigenvalue weighted by molar-refractivity contribution is 8.00. The van der Waals surface area contributed by atoms with Gasteiger partial charge in [-0.2, -0.15) is 0 Å². The summed E-state index contributed by atoms with van der Waals surface area (Å²) in [5.41, 5.74) is 0.901. The zero-order chi connectivity index (χ0) is 33.7. The highest BCUT2D eigenvalue weighted by Gasteiger charge is 2.55. The molecule has 2 aliphatic rings. The minimum atomic E-state index is -1.02. The van der Waals surface area contributed by atoms with Crippen LogP contribution in [0.3, 0.4) is 0 Å². The van der Waals surface area contributed by atoms with Crippen molar-refractivity contribution in [1.29, 1.82) is 0 Å². The standard InChI is InChI=1S/C32H33N5O8S2/c1-32(2,3)45-31(42)35-30-33-21(17-47-30)22(36-43-4)26(39)34-23-27(40)37-24(20(15-38)16-46-28(23)37)29(41)44-25(18-11-7-5-8-12-18)19-13-9-6-10-14-19/h5-14,17,23,25,28,38H,15-16H2,1-4H3,(H,34,39)(H,33,35,42)/b36-22-/t23-,28+/m1/s1. The van der Waals surface area contributed by atoms with Gasteiger partial charge in [-0.1, -0.05) is 65.8 Å². The lowest BCUT2D eigenvalue weighted by atomic mass is 10.0. The first-order valence-corrected chi connectivity index (χ1v) is 16.4. The molecule has 13 nitrogen and oxygen atoms in total. The number of rotatable bonds is 10. The predicted molar refractivity (Wildman–Crippen MR) is 175 cm³/mol. The number of hydrogen-bond donors (Lipinski definition) is 3. The molecule has 3 amide bonds. The smallest absolute Gasteiger partial charge is 0.413 e. The number of β-lactam (4-membered cyclic amide) rings is 1. The van der Waals surface area contributed by atoms with Gasteiger partial charge in [0.05, 0.1) is 6.61 Å². The lowest BCUT2D eigenvalue weighted by Crippen LogP contribution is -2.71. The summed E-state index contributed by atoms with van der Waals surface area (Å²) < 4.78 is 11.3. The maximum absolute atomic E-state index is 13.8. The van der Waals surface area contributed by atoms with Crippen LogP contribution in [0, 0.1) is 0 Å². The number of carbonyl (C=O) groups is 4. The third-order valence-electron chi connectivity index (χ3n) is 6.90. The number of aromatic nitrogens is 1.